The van der Waals surface area contributed by atoms with Gasteiger partial charge in [0.25, 0.3) is 5.91 Å². The van der Waals surface area contributed by atoms with E-state index in [0.717, 1.165) is 18.7 Å². The largest absolute Gasteiger partial charge is 0.368 e. The minimum absolute atomic E-state index is 0.0588. The Bertz CT molecular complexity index is 1170. The summed E-state index contributed by atoms with van der Waals surface area (Å²) in [6, 6.07) is 19.7. The zero-order valence-corrected chi connectivity index (χ0v) is 20.9. The second-order valence-corrected chi connectivity index (χ2v) is 9.73. The van der Waals surface area contributed by atoms with Gasteiger partial charge in [0.05, 0.1) is 5.75 Å². The van der Waals surface area contributed by atoms with E-state index in [0.29, 0.717) is 35.8 Å². The Morgan fingerprint density at radius 3 is 2.29 bits per heavy atom. The second kappa shape index (κ2) is 11.4. The fraction of sp³-hybridized carbons (Fsp3) is 0.286. The van der Waals surface area contributed by atoms with Crippen molar-refractivity contribution in [3.05, 3.63) is 94.8 Å². The van der Waals surface area contributed by atoms with Crippen molar-refractivity contribution < 1.29 is 14.0 Å². The van der Waals surface area contributed by atoms with Crippen LogP contribution in [0.2, 0.25) is 0 Å². The molecule has 35 heavy (non-hydrogen) atoms. The lowest BCUT2D eigenvalue weighted by Gasteiger charge is -2.37. The van der Waals surface area contributed by atoms with Crippen LogP contribution in [-0.4, -0.2) is 48.6 Å². The molecule has 7 heteroatoms. The number of halogens is 1. The average Bonchev–Trinajstić information content (AvgIpc) is 2.87. The fourth-order valence-corrected chi connectivity index (χ4v) is 4.93. The van der Waals surface area contributed by atoms with Gasteiger partial charge in [-0.05, 0) is 73.0 Å². The Morgan fingerprint density at radius 2 is 1.60 bits per heavy atom. The van der Waals surface area contributed by atoms with Crippen LogP contribution in [0.25, 0.3) is 0 Å². The van der Waals surface area contributed by atoms with Crippen LogP contribution >= 0.6 is 11.8 Å². The molecule has 1 heterocycles. The van der Waals surface area contributed by atoms with Gasteiger partial charge in [-0.3, -0.25) is 9.59 Å². The number of benzene rings is 3. The quantitative estimate of drug-likeness (QED) is 0.489. The summed E-state index contributed by atoms with van der Waals surface area (Å²) >= 11 is 1.49. The van der Waals surface area contributed by atoms with Crippen LogP contribution in [0.3, 0.4) is 0 Å². The van der Waals surface area contributed by atoms with Crippen LogP contribution in [-0.2, 0) is 10.5 Å². The molecule has 2 amide bonds. The predicted molar refractivity (Wildman–Crippen MR) is 142 cm³/mol. The van der Waals surface area contributed by atoms with Crippen LogP contribution in [0.15, 0.2) is 66.7 Å². The minimum Gasteiger partial charge on any atom is -0.368 e. The topological polar surface area (TPSA) is 52.7 Å². The summed E-state index contributed by atoms with van der Waals surface area (Å²) in [5.41, 5.74) is 6.16. The number of rotatable bonds is 7. The van der Waals surface area contributed by atoms with Gasteiger partial charge in [-0.15, -0.1) is 11.8 Å². The Labute approximate surface area is 210 Å². The van der Waals surface area contributed by atoms with E-state index < -0.39 is 0 Å². The van der Waals surface area contributed by atoms with E-state index in [1.807, 2.05) is 29.2 Å². The number of nitrogens with zero attached hydrogens (tertiary/aromatic N) is 2. The normalized spacial score (nSPS) is 13.6. The van der Waals surface area contributed by atoms with Crippen LogP contribution in [0.5, 0.6) is 0 Å². The molecule has 0 spiro atoms. The third-order valence-corrected chi connectivity index (χ3v) is 7.32. The maximum atomic E-state index is 13.0. The molecule has 1 aliphatic heterocycles. The van der Waals surface area contributed by atoms with Crippen LogP contribution in [0.4, 0.5) is 15.8 Å². The average molecular weight is 492 g/mol. The van der Waals surface area contributed by atoms with E-state index in [9.17, 15) is 14.0 Å². The van der Waals surface area contributed by atoms with E-state index in [1.165, 1.54) is 52.8 Å². The number of hydrogen-bond donors (Lipinski definition) is 1. The van der Waals surface area contributed by atoms with E-state index in [1.54, 1.807) is 0 Å². The molecule has 5 nitrogen and oxygen atoms in total. The third kappa shape index (κ3) is 6.42. The first-order valence-electron chi connectivity index (χ1n) is 11.7. The first-order valence-corrected chi connectivity index (χ1v) is 12.9. The zero-order valence-electron chi connectivity index (χ0n) is 20.1. The number of nitrogens with one attached hydrogen (secondary N) is 1. The van der Waals surface area contributed by atoms with Crippen molar-refractivity contribution >= 4 is 35.0 Å². The second-order valence-electron chi connectivity index (χ2n) is 8.74. The zero-order chi connectivity index (χ0) is 24.8. The molecule has 0 bridgehead atoms. The molecular formula is C28H30FN3O2S. The molecule has 0 unspecified atom stereocenters. The minimum atomic E-state index is -0.334. The standard InChI is InChI=1S/C28H30FN3O2S/c1-20-4-3-5-26(21(20)2)31-14-16-32(17-15-31)28(34)23-8-6-22(7-9-23)18-35-19-27(33)30-25-12-10-24(29)11-13-25/h3-13H,14-19H2,1-2H3,(H,30,33). The van der Waals surface area contributed by atoms with Crippen molar-refractivity contribution in [1.82, 2.24) is 4.90 Å². The molecule has 1 aliphatic rings. The summed E-state index contributed by atoms with van der Waals surface area (Å²) < 4.78 is 13.0. The van der Waals surface area contributed by atoms with Gasteiger partial charge in [0.2, 0.25) is 5.91 Å². The highest BCUT2D eigenvalue weighted by molar-refractivity contribution is 7.99. The van der Waals surface area contributed by atoms with Gasteiger partial charge in [-0.25, -0.2) is 4.39 Å². The Kier molecular flexibility index (Phi) is 8.08. The number of carbonyl (C=O) groups is 2. The maximum absolute atomic E-state index is 13.0. The number of carbonyl (C=O) groups excluding carboxylic acids is 2. The van der Waals surface area contributed by atoms with Crippen LogP contribution in [0.1, 0.15) is 27.0 Å². The number of anilines is 2. The molecule has 182 valence electrons. The highest BCUT2D eigenvalue weighted by atomic mass is 32.2. The molecular weight excluding hydrogens is 461 g/mol. The van der Waals surface area contributed by atoms with E-state index in [-0.39, 0.29) is 17.6 Å². The van der Waals surface area contributed by atoms with E-state index in [2.05, 4.69) is 42.3 Å². The smallest absolute Gasteiger partial charge is 0.253 e. The lowest BCUT2D eigenvalue weighted by atomic mass is 10.1. The molecule has 3 aromatic carbocycles. The number of aryl methyl sites for hydroxylation is 1. The molecule has 4 rings (SSSR count). The highest BCUT2D eigenvalue weighted by Gasteiger charge is 2.23. The number of thioether (sulfide) groups is 1. The van der Waals surface area contributed by atoms with Crippen molar-refractivity contribution in [2.45, 2.75) is 19.6 Å². The van der Waals surface area contributed by atoms with Crippen molar-refractivity contribution in [3.8, 4) is 0 Å². The summed E-state index contributed by atoms with van der Waals surface area (Å²) in [5, 5.41) is 2.75. The molecule has 0 aliphatic carbocycles. The molecule has 0 radical (unpaired) electrons. The first-order chi connectivity index (χ1) is 16.9. The van der Waals surface area contributed by atoms with Crippen molar-refractivity contribution in [3.63, 3.8) is 0 Å². The van der Waals surface area contributed by atoms with Gasteiger partial charge in [-0.2, -0.15) is 0 Å². The van der Waals surface area contributed by atoms with Gasteiger partial charge in [-0.1, -0.05) is 24.3 Å². The van der Waals surface area contributed by atoms with Crippen molar-refractivity contribution in [2.24, 2.45) is 0 Å². The Hall–Kier alpha value is -3.32. The van der Waals surface area contributed by atoms with Crippen molar-refractivity contribution in [2.75, 3.05) is 42.1 Å². The summed E-state index contributed by atoms with van der Waals surface area (Å²) in [6.45, 7) is 7.33. The molecule has 3 aromatic rings. The summed E-state index contributed by atoms with van der Waals surface area (Å²) in [6.07, 6.45) is 0. The molecule has 0 atom stereocenters. The summed E-state index contributed by atoms with van der Waals surface area (Å²) in [7, 11) is 0. The molecule has 1 saturated heterocycles. The Balaban J connectivity index is 1.23. The lowest BCUT2D eigenvalue weighted by molar-refractivity contribution is -0.113. The number of amides is 2. The van der Waals surface area contributed by atoms with Crippen molar-refractivity contribution in [1.29, 1.82) is 0 Å². The first kappa shape index (κ1) is 24.8. The van der Waals surface area contributed by atoms with E-state index in [4.69, 9.17) is 0 Å². The van der Waals surface area contributed by atoms with Gasteiger partial charge >= 0.3 is 0 Å². The molecule has 0 aromatic heterocycles. The van der Waals surface area contributed by atoms with Crippen LogP contribution in [0, 0.1) is 19.7 Å². The monoisotopic (exact) mass is 491 g/mol. The van der Waals surface area contributed by atoms with Gasteiger partial charge in [0, 0.05) is 48.9 Å². The van der Waals surface area contributed by atoms with Gasteiger partial charge in [0.15, 0.2) is 0 Å². The molecule has 1 fully saturated rings. The summed E-state index contributed by atoms with van der Waals surface area (Å²) in [4.78, 5) is 29.4. The fourth-order valence-electron chi connectivity index (χ4n) is 4.15. The lowest BCUT2D eigenvalue weighted by Crippen LogP contribution is -2.49. The summed E-state index contributed by atoms with van der Waals surface area (Å²) in [5.74, 6) is 0.554. The molecule has 0 saturated carbocycles. The van der Waals surface area contributed by atoms with E-state index >= 15 is 0 Å². The van der Waals surface area contributed by atoms with Gasteiger partial charge in [0.1, 0.15) is 5.82 Å². The maximum Gasteiger partial charge on any atom is 0.253 e. The Morgan fingerprint density at radius 1 is 0.914 bits per heavy atom. The predicted octanol–water partition coefficient (Wildman–Crippen LogP) is 5.28. The van der Waals surface area contributed by atoms with Crippen LogP contribution < -0.4 is 10.2 Å². The highest BCUT2D eigenvalue weighted by Crippen LogP contribution is 2.24. The molecule has 1 N–H and O–H groups in total. The number of hydrogen-bond acceptors (Lipinski definition) is 4. The third-order valence-electron chi connectivity index (χ3n) is 6.31. The van der Waals surface area contributed by atoms with Gasteiger partial charge < -0.3 is 15.1 Å². The number of piperazine rings is 1. The SMILES string of the molecule is Cc1cccc(N2CCN(C(=O)c3ccc(CSCC(=O)Nc4ccc(F)cc4)cc3)CC2)c1C.